The highest BCUT2D eigenvalue weighted by Crippen LogP contribution is 2.56. The summed E-state index contributed by atoms with van der Waals surface area (Å²) in [6, 6.07) is 36.5. The minimum atomic E-state index is -0.661. The van der Waals surface area contributed by atoms with E-state index in [4.69, 9.17) is 9.47 Å². The molecule has 0 radical (unpaired) electrons. The van der Waals surface area contributed by atoms with Crippen molar-refractivity contribution in [3.05, 3.63) is 120 Å². The van der Waals surface area contributed by atoms with E-state index in [9.17, 15) is 0 Å². The molecule has 1 aliphatic carbocycles. The van der Waals surface area contributed by atoms with Crippen LogP contribution in [0.15, 0.2) is 103 Å². The molecule has 1 saturated heterocycles. The van der Waals surface area contributed by atoms with Crippen LogP contribution in [0.2, 0.25) is 0 Å². The lowest BCUT2D eigenvalue weighted by atomic mass is 9.80. The topological polar surface area (TPSA) is 21.8 Å². The first-order valence-electron chi connectivity index (χ1n) is 10.5. The molecular weight excluding hydrogens is 368 g/mol. The first-order valence-corrected chi connectivity index (χ1v) is 10.5. The molecule has 1 fully saturated rings. The third-order valence-electron chi connectivity index (χ3n) is 6.17. The molecule has 1 aliphatic heterocycles. The van der Waals surface area contributed by atoms with Gasteiger partial charge in [0.2, 0.25) is 0 Å². The van der Waals surface area contributed by atoms with Gasteiger partial charge >= 0.3 is 0 Å². The number of benzene rings is 4. The van der Waals surface area contributed by atoms with Gasteiger partial charge in [-0.2, -0.15) is 0 Å². The maximum absolute atomic E-state index is 6.89. The SMILES string of the molecule is c1ccc(-c2cccc3c2C(OCC2CO2)(c2ccccc2)c2ccccc2-3)cc1. The second-order valence-corrected chi connectivity index (χ2v) is 7.95. The summed E-state index contributed by atoms with van der Waals surface area (Å²) in [5.41, 5.74) is 7.82. The highest BCUT2D eigenvalue weighted by molar-refractivity contribution is 5.89. The summed E-state index contributed by atoms with van der Waals surface area (Å²) in [6.07, 6.45) is 0.186. The first kappa shape index (κ1) is 17.6. The Morgan fingerprint density at radius 3 is 2.10 bits per heavy atom. The van der Waals surface area contributed by atoms with Crippen molar-refractivity contribution in [2.24, 2.45) is 0 Å². The van der Waals surface area contributed by atoms with Crippen LogP contribution in [0.3, 0.4) is 0 Å². The van der Waals surface area contributed by atoms with E-state index in [0.29, 0.717) is 6.61 Å². The fraction of sp³-hybridized carbons (Fsp3) is 0.143. The normalized spacial score (nSPS) is 21.1. The zero-order valence-corrected chi connectivity index (χ0v) is 16.6. The third-order valence-corrected chi connectivity index (χ3v) is 6.17. The summed E-state index contributed by atoms with van der Waals surface area (Å²) in [5, 5.41) is 0. The van der Waals surface area contributed by atoms with Gasteiger partial charge < -0.3 is 9.47 Å². The summed E-state index contributed by atoms with van der Waals surface area (Å²) in [7, 11) is 0. The molecule has 30 heavy (non-hydrogen) atoms. The summed E-state index contributed by atoms with van der Waals surface area (Å²) < 4.78 is 12.4. The molecule has 1 heterocycles. The van der Waals surface area contributed by atoms with Crippen LogP contribution in [-0.4, -0.2) is 19.3 Å². The number of hydrogen-bond donors (Lipinski definition) is 0. The fourth-order valence-electron chi connectivity index (χ4n) is 4.76. The van der Waals surface area contributed by atoms with Crippen LogP contribution < -0.4 is 0 Å². The summed E-state index contributed by atoms with van der Waals surface area (Å²) in [6.45, 7) is 1.35. The fourth-order valence-corrected chi connectivity index (χ4v) is 4.76. The van der Waals surface area contributed by atoms with Gasteiger partial charge in [0.15, 0.2) is 0 Å². The highest BCUT2D eigenvalue weighted by Gasteiger charge is 2.48. The molecule has 2 unspecified atom stereocenters. The molecule has 0 amide bonds. The molecule has 0 spiro atoms. The maximum atomic E-state index is 6.89. The van der Waals surface area contributed by atoms with Gasteiger partial charge in [0.1, 0.15) is 11.7 Å². The molecule has 2 nitrogen and oxygen atoms in total. The molecular formula is C28H22O2. The molecule has 2 aliphatic rings. The Morgan fingerprint density at radius 2 is 1.33 bits per heavy atom. The van der Waals surface area contributed by atoms with Crippen molar-refractivity contribution < 1.29 is 9.47 Å². The van der Waals surface area contributed by atoms with Crippen molar-refractivity contribution in [1.29, 1.82) is 0 Å². The van der Waals surface area contributed by atoms with E-state index in [1.54, 1.807) is 0 Å². The first-order chi connectivity index (χ1) is 14.9. The average molecular weight is 390 g/mol. The molecule has 0 aromatic heterocycles. The van der Waals surface area contributed by atoms with E-state index in [0.717, 1.165) is 12.2 Å². The predicted octanol–water partition coefficient (Wildman–Crippen LogP) is 6.04. The van der Waals surface area contributed by atoms with E-state index >= 15 is 0 Å². The van der Waals surface area contributed by atoms with E-state index in [1.807, 2.05) is 0 Å². The minimum Gasteiger partial charge on any atom is -0.371 e. The van der Waals surface area contributed by atoms with Crippen molar-refractivity contribution in [3.63, 3.8) is 0 Å². The molecule has 0 bridgehead atoms. The monoisotopic (exact) mass is 390 g/mol. The Kier molecular flexibility index (Phi) is 4.08. The second kappa shape index (κ2) is 6.94. The van der Waals surface area contributed by atoms with Crippen LogP contribution in [0.1, 0.15) is 16.7 Å². The van der Waals surface area contributed by atoms with Gasteiger partial charge in [0.05, 0.1) is 13.2 Å². The number of ether oxygens (including phenoxy) is 2. The zero-order valence-electron chi connectivity index (χ0n) is 16.6. The van der Waals surface area contributed by atoms with Crippen LogP contribution in [0.25, 0.3) is 22.3 Å². The standard InChI is InChI=1S/C28H22O2/c1-3-10-20(11-4-1)23-15-9-16-25-24-14-7-8-17-26(24)28(27(23)25,30-19-22-18-29-22)21-12-5-2-6-13-21/h1-17,22H,18-19H2. The van der Waals surface area contributed by atoms with Gasteiger partial charge in [-0.1, -0.05) is 103 Å². The third kappa shape index (κ3) is 2.65. The van der Waals surface area contributed by atoms with Crippen LogP contribution >= 0.6 is 0 Å². The summed E-state index contributed by atoms with van der Waals surface area (Å²) in [4.78, 5) is 0. The number of fused-ring (bicyclic) bond motifs is 3. The van der Waals surface area contributed by atoms with Crippen molar-refractivity contribution in [1.82, 2.24) is 0 Å². The lowest BCUT2D eigenvalue weighted by molar-refractivity contribution is 0.00775. The molecule has 0 saturated carbocycles. The van der Waals surface area contributed by atoms with Gasteiger partial charge in [0, 0.05) is 11.1 Å². The highest BCUT2D eigenvalue weighted by atomic mass is 16.6. The molecule has 146 valence electrons. The Morgan fingerprint density at radius 1 is 0.700 bits per heavy atom. The molecule has 2 atom stereocenters. The Hall–Kier alpha value is -3.20. The van der Waals surface area contributed by atoms with E-state index in [2.05, 4.69) is 103 Å². The van der Waals surface area contributed by atoms with E-state index in [1.165, 1.54) is 33.4 Å². The summed E-state index contributed by atoms with van der Waals surface area (Å²) >= 11 is 0. The second-order valence-electron chi connectivity index (χ2n) is 7.95. The Bertz CT molecular complexity index is 1200. The molecule has 4 aromatic carbocycles. The van der Waals surface area contributed by atoms with Gasteiger partial charge in [-0.15, -0.1) is 0 Å². The Labute approximate surface area is 176 Å². The largest absolute Gasteiger partial charge is 0.371 e. The van der Waals surface area contributed by atoms with Crippen LogP contribution in [0.4, 0.5) is 0 Å². The summed E-state index contributed by atoms with van der Waals surface area (Å²) in [5.74, 6) is 0. The van der Waals surface area contributed by atoms with Crippen molar-refractivity contribution in [2.75, 3.05) is 13.2 Å². The van der Waals surface area contributed by atoms with Gasteiger partial charge in [-0.05, 0) is 27.8 Å². The quantitative estimate of drug-likeness (QED) is 0.388. The van der Waals surface area contributed by atoms with Gasteiger partial charge in [-0.25, -0.2) is 0 Å². The Balaban J connectivity index is 1.69. The lowest BCUT2D eigenvalue weighted by Crippen LogP contribution is -2.32. The maximum Gasteiger partial charge on any atom is 0.145 e. The molecule has 6 rings (SSSR count). The molecule has 4 aromatic rings. The number of hydrogen-bond acceptors (Lipinski definition) is 2. The van der Waals surface area contributed by atoms with Gasteiger partial charge in [-0.3, -0.25) is 0 Å². The zero-order chi connectivity index (χ0) is 20.0. The van der Waals surface area contributed by atoms with Crippen LogP contribution in [-0.2, 0) is 15.1 Å². The number of epoxide rings is 1. The molecule has 2 heteroatoms. The average Bonchev–Trinajstić information content (AvgIpc) is 3.61. The van der Waals surface area contributed by atoms with E-state index < -0.39 is 5.60 Å². The number of rotatable bonds is 5. The van der Waals surface area contributed by atoms with Crippen LogP contribution in [0.5, 0.6) is 0 Å². The van der Waals surface area contributed by atoms with Crippen molar-refractivity contribution >= 4 is 0 Å². The smallest absolute Gasteiger partial charge is 0.145 e. The van der Waals surface area contributed by atoms with Crippen molar-refractivity contribution in [2.45, 2.75) is 11.7 Å². The molecule has 0 N–H and O–H groups in total. The van der Waals surface area contributed by atoms with Gasteiger partial charge in [0.25, 0.3) is 0 Å². The van der Waals surface area contributed by atoms with E-state index in [-0.39, 0.29) is 6.10 Å². The minimum absolute atomic E-state index is 0.186. The lowest BCUT2D eigenvalue weighted by Gasteiger charge is -2.34. The predicted molar refractivity (Wildman–Crippen MR) is 119 cm³/mol. The van der Waals surface area contributed by atoms with Crippen LogP contribution in [0, 0.1) is 0 Å². The van der Waals surface area contributed by atoms with Crippen molar-refractivity contribution in [3.8, 4) is 22.3 Å².